The minimum Gasteiger partial charge on any atom is -0.394 e. The molecule has 0 aliphatic carbocycles. The van der Waals surface area contributed by atoms with Gasteiger partial charge in [-0.2, -0.15) is 0 Å². The molecule has 0 saturated carbocycles. The number of imidazole rings is 1. The van der Waals surface area contributed by atoms with E-state index in [1.165, 1.54) is 10.9 Å². The lowest BCUT2D eigenvalue weighted by Gasteiger charge is -2.39. The van der Waals surface area contributed by atoms with E-state index in [4.69, 9.17) is 15.2 Å². The molecule has 13 heteroatoms. The van der Waals surface area contributed by atoms with Crippen LogP contribution in [-0.2, 0) is 15.2 Å². The molecule has 2 fully saturated rings. The molecule has 0 radical (unpaired) electrons. The molecule has 2 aliphatic rings. The zero-order valence-corrected chi connectivity index (χ0v) is 14.5. The second-order valence-electron chi connectivity index (χ2n) is 6.83. The molecule has 0 spiro atoms. The fourth-order valence-electron chi connectivity index (χ4n) is 3.90. The van der Waals surface area contributed by atoms with E-state index in [9.17, 15) is 30.6 Å². The Balaban J connectivity index is 1.92. The van der Waals surface area contributed by atoms with Crippen LogP contribution in [0, 0.1) is 0 Å². The van der Waals surface area contributed by atoms with Crippen molar-refractivity contribution in [2.24, 2.45) is 0 Å². The monoisotopic (exact) mass is 399 g/mol. The van der Waals surface area contributed by atoms with Gasteiger partial charge in [-0.3, -0.25) is 4.57 Å². The fraction of sp³-hybridized carbons (Fsp3) is 0.667. The molecule has 2 aromatic heterocycles. The van der Waals surface area contributed by atoms with Crippen molar-refractivity contribution >= 4 is 17.0 Å². The first kappa shape index (κ1) is 19.4. The number of rotatable bonds is 4. The molecule has 4 heterocycles. The largest absolute Gasteiger partial charge is 0.394 e. The number of nitrogens with two attached hydrogens (primary N) is 1. The number of ether oxygens (including phenoxy) is 2. The molecule has 13 nitrogen and oxygen atoms in total. The second kappa shape index (κ2) is 6.82. The molecule has 0 aromatic carbocycles. The maximum atomic E-state index is 10.9. The number of nitrogen functional groups attached to an aromatic ring is 1. The number of fused-ring (bicyclic) bond motifs is 1. The van der Waals surface area contributed by atoms with Gasteiger partial charge in [0, 0.05) is 0 Å². The van der Waals surface area contributed by atoms with Crippen LogP contribution in [-0.4, -0.2) is 106 Å². The van der Waals surface area contributed by atoms with Gasteiger partial charge >= 0.3 is 0 Å². The third-order valence-electron chi connectivity index (χ3n) is 5.34. The van der Waals surface area contributed by atoms with Crippen molar-refractivity contribution in [1.29, 1.82) is 0 Å². The Morgan fingerprint density at radius 1 is 1.00 bits per heavy atom. The quantitative estimate of drug-likeness (QED) is 0.260. The average molecular weight is 399 g/mol. The van der Waals surface area contributed by atoms with Crippen molar-refractivity contribution in [3.05, 3.63) is 12.7 Å². The van der Waals surface area contributed by atoms with E-state index < -0.39 is 61.7 Å². The van der Waals surface area contributed by atoms with Crippen molar-refractivity contribution in [1.82, 2.24) is 19.5 Å². The summed E-state index contributed by atoms with van der Waals surface area (Å²) in [5, 5.41) is 61.0. The Kier molecular flexibility index (Phi) is 4.71. The number of anilines is 1. The number of aromatic nitrogens is 4. The van der Waals surface area contributed by atoms with E-state index in [1.54, 1.807) is 0 Å². The normalized spacial score (nSPS) is 41.1. The molecule has 8 atom stereocenters. The van der Waals surface area contributed by atoms with E-state index in [0.717, 1.165) is 6.33 Å². The van der Waals surface area contributed by atoms with Crippen molar-refractivity contribution in [3.63, 3.8) is 0 Å². The zero-order valence-electron chi connectivity index (χ0n) is 14.5. The first-order valence-corrected chi connectivity index (χ1v) is 8.58. The van der Waals surface area contributed by atoms with Gasteiger partial charge in [0.05, 0.1) is 19.5 Å². The summed E-state index contributed by atoms with van der Waals surface area (Å²) in [6.45, 7) is -1.24. The lowest BCUT2D eigenvalue weighted by molar-refractivity contribution is -0.231. The Morgan fingerprint density at radius 2 is 1.71 bits per heavy atom. The third kappa shape index (κ3) is 2.46. The highest BCUT2D eigenvalue weighted by Crippen LogP contribution is 2.45. The maximum Gasteiger partial charge on any atom is 0.205 e. The Morgan fingerprint density at radius 3 is 2.32 bits per heavy atom. The SMILES string of the molecule is Nc1ncnc2c1ncn2[C@]1([C@@H]2O[C@H](CO)[C@@H](O)[C@H]2O)O[C@H](CO)[C@@H](O)[C@H]1O. The third-order valence-corrected chi connectivity index (χ3v) is 5.34. The molecule has 8 N–H and O–H groups in total. The Labute approximate surface area is 157 Å². The van der Waals surface area contributed by atoms with Gasteiger partial charge in [-0.25, -0.2) is 15.0 Å². The van der Waals surface area contributed by atoms with E-state index in [-0.39, 0.29) is 17.0 Å². The molecule has 2 aromatic rings. The lowest BCUT2D eigenvalue weighted by Crippen LogP contribution is -2.58. The predicted octanol–water partition coefficient (Wildman–Crippen LogP) is -4.34. The molecule has 2 saturated heterocycles. The summed E-state index contributed by atoms with van der Waals surface area (Å²) in [7, 11) is 0. The number of hydrogen-bond acceptors (Lipinski definition) is 12. The van der Waals surface area contributed by atoms with Crippen LogP contribution in [0.25, 0.3) is 11.2 Å². The highest BCUT2D eigenvalue weighted by atomic mass is 16.6. The van der Waals surface area contributed by atoms with Gasteiger partial charge in [0.15, 0.2) is 11.5 Å². The van der Waals surface area contributed by atoms with Gasteiger partial charge in [0.1, 0.15) is 54.6 Å². The van der Waals surface area contributed by atoms with E-state index >= 15 is 0 Å². The number of hydrogen-bond donors (Lipinski definition) is 7. The van der Waals surface area contributed by atoms with Crippen LogP contribution in [0.15, 0.2) is 12.7 Å². The number of nitrogens with zero attached hydrogens (tertiary/aromatic N) is 4. The smallest absolute Gasteiger partial charge is 0.205 e. The molecular formula is C15H21N5O8. The van der Waals surface area contributed by atoms with Gasteiger partial charge in [0.2, 0.25) is 5.72 Å². The molecule has 28 heavy (non-hydrogen) atoms. The summed E-state index contributed by atoms with van der Waals surface area (Å²) in [5.74, 6) is 0.0480. The lowest BCUT2D eigenvalue weighted by atomic mass is 9.92. The van der Waals surface area contributed by atoms with Crippen LogP contribution in [0.3, 0.4) is 0 Å². The number of aliphatic hydroxyl groups is 6. The summed E-state index contributed by atoms with van der Waals surface area (Å²) in [5.41, 5.74) is 4.04. The van der Waals surface area contributed by atoms with Gasteiger partial charge in [-0.1, -0.05) is 0 Å². The summed E-state index contributed by atoms with van der Waals surface area (Å²) in [6.07, 6.45) is -7.84. The van der Waals surface area contributed by atoms with Crippen LogP contribution >= 0.6 is 0 Å². The van der Waals surface area contributed by atoms with Crippen molar-refractivity contribution in [3.8, 4) is 0 Å². The summed E-state index contributed by atoms with van der Waals surface area (Å²) < 4.78 is 12.6. The Hall–Kier alpha value is -1.97. The van der Waals surface area contributed by atoms with Crippen LogP contribution in [0.4, 0.5) is 5.82 Å². The van der Waals surface area contributed by atoms with Gasteiger partial charge < -0.3 is 45.8 Å². The molecular weight excluding hydrogens is 378 g/mol. The molecule has 0 amide bonds. The first-order valence-electron chi connectivity index (χ1n) is 8.58. The van der Waals surface area contributed by atoms with Crippen molar-refractivity contribution < 1.29 is 40.1 Å². The van der Waals surface area contributed by atoms with Crippen LogP contribution in [0.2, 0.25) is 0 Å². The molecule has 2 aliphatic heterocycles. The number of aliphatic hydroxyl groups excluding tert-OH is 6. The fourth-order valence-corrected chi connectivity index (χ4v) is 3.90. The zero-order chi connectivity index (χ0) is 20.2. The van der Waals surface area contributed by atoms with Gasteiger partial charge in [-0.05, 0) is 0 Å². The molecule has 0 unspecified atom stereocenters. The maximum absolute atomic E-state index is 10.9. The van der Waals surface area contributed by atoms with Gasteiger partial charge in [-0.15, -0.1) is 0 Å². The Bertz CT molecular complexity index is 866. The standard InChI is InChI=1S/C15H21N5O8/c16-13-7-14(18-3-17-13)20(4-19-7)15(11(26)9(24)6(2-22)28-15)12-10(25)8(23)5(1-21)27-12/h3-6,8-12,21-26H,1-2H2,(H2,16,17,18)/t5-,6-,8-,9-,10-,11-,12-,15+/m1/s1. The highest BCUT2D eigenvalue weighted by molar-refractivity contribution is 5.81. The minimum atomic E-state index is -2.04. The molecule has 4 rings (SSSR count). The predicted molar refractivity (Wildman–Crippen MR) is 89.4 cm³/mol. The van der Waals surface area contributed by atoms with E-state index in [0.29, 0.717) is 0 Å². The van der Waals surface area contributed by atoms with E-state index in [2.05, 4.69) is 15.0 Å². The van der Waals surface area contributed by atoms with Crippen LogP contribution in [0.5, 0.6) is 0 Å². The second-order valence-corrected chi connectivity index (χ2v) is 6.83. The molecule has 154 valence electrons. The average Bonchev–Trinajstić information content (AvgIpc) is 3.32. The van der Waals surface area contributed by atoms with Crippen molar-refractivity contribution in [2.45, 2.75) is 48.5 Å². The van der Waals surface area contributed by atoms with Crippen molar-refractivity contribution in [2.75, 3.05) is 18.9 Å². The van der Waals surface area contributed by atoms with Gasteiger partial charge in [0.25, 0.3) is 0 Å². The summed E-state index contributed by atoms with van der Waals surface area (Å²) in [6, 6.07) is 0. The topological polar surface area (TPSA) is 209 Å². The minimum absolute atomic E-state index is 0.0480. The highest BCUT2D eigenvalue weighted by Gasteiger charge is 2.65. The van der Waals surface area contributed by atoms with Crippen LogP contribution < -0.4 is 5.73 Å². The summed E-state index contributed by atoms with van der Waals surface area (Å²) >= 11 is 0. The van der Waals surface area contributed by atoms with Crippen LogP contribution in [0.1, 0.15) is 0 Å². The van der Waals surface area contributed by atoms with E-state index in [1.807, 2.05) is 0 Å². The molecule has 0 bridgehead atoms. The summed E-state index contributed by atoms with van der Waals surface area (Å²) in [4.78, 5) is 12.0. The first-order chi connectivity index (χ1) is 13.4.